The molecule has 0 bridgehead atoms. The quantitative estimate of drug-likeness (QED) is 0.582. The summed E-state index contributed by atoms with van der Waals surface area (Å²) in [7, 11) is 0. The Morgan fingerprint density at radius 2 is 2.21 bits per heavy atom. The average Bonchev–Trinajstić information content (AvgIpc) is 2.19. The first kappa shape index (κ1) is 11.7. The SMILES string of the molecule is NC(=O)C(OCCCl)N1CCNCC1. The van der Waals surface area contributed by atoms with Crippen molar-refractivity contribution in [3.8, 4) is 0 Å². The molecular formula is C8H16ClN3O2. The zero-order valence-electron chi connectivity index (χ0n) is 8.04. The van der Waals surface area contributed by atoms with Gasteiger partial charge < -0.3 is 15.8 Å². The van der Waals surface area contributed by atoms with E-state index in [-0.39, 0.29) is 0 Å². The fourth-order valence-electron chi connectivity index (χ4n) is 1.44. The number of alkyl halides is 1. The summed E-state index contributed by atoms with van der Waals surface area (Å²) >= 11 is 5.48. The molecular weight excluding hydrogens is 206 g/mol. The van der Waals surface area contributed by atoms with Crippen LogP contribution in [0.3, 0.4) is 0 Å². The van der Waals surface area contributed by atoms with Crippen molar-refractivity contribution >= 4 is 17.5 Å². The number of amides is 1. The number of nitrogens with two attached hydrogens (primary N) is 1. The Kier molecular flexibility index (Phi) is 5.17. The highest BCUT2D eigenvalue weighted by atomic mass is 35.5. The number of hydrogen-bond donors (Lipinski definition) is 2. The van der Waals surface area contributed by atoms with E-state index in [0.29, 0.717) is 12.5 Å². The number of rotatable bonds is 5. The van der Waals surface area contributed by atoms with Crippen molar-refractivity contribution in [2.45, 2.75) is 6.23 Å². The van der Waals surface area contributed by atoms with E-state index in [1.807, 2.05) is 4.90 Å². The number of carbonyl (C=O) groups excluding carboxylic acids is 1. The van der Waals surface area contributed by atoms with E-state index in [4.69, 9.17) is 22.1 Å². The normalized spacial score (nSPS) is 20.6. The van der Waals surface area contributed by atoms with Crippen LogP contribution >= 0.6 is 11.6 Å². The van der Waals surface area contributed by atoms with Crippen molar-refractivity contribution in [1.82, 2.24) is 10.2 Å². The molecule has 3 N–H and O–H groups in total. The van der Waals surface area contributed by atoms with Gasteiger partial charge in [0.2, 0.25) is 0 Å². The van der Waals surface area contributed by atoms with Crippen molar-refractivity contribution in [2.24, 2.45) is 5.73 Å². The second-order valence-corrected chi connectivity index (χ2v) is 3.48. The third-order valence-electron chi connectivity index (χ3n) is 2.08. The summed E-state index contributed by atoms with van der Waals surface area (Å²) in [6, 6.07) is 0. The van der Waals surface area contributed by atoms with Gasteiger partial charge in [-0.15, -0.1) is 11.6 Å². The standard InChI is InChI=1S/C8H16ClN3O2/c9-1-6-14-8(7(10)13)12-4-2-11-3-5-12/h8,11H,1-6H2,(H2,10,13). The third-order valence-corrected chi connectivity index (χ3v) is 2.23. The minimum absolute atomic E-state index is 0.346. The zero-order chi connectivity index (χ0) is 10.4. The van der Waals surface area contributed by atoms with Crippen LogP contribution in [0.2, 0.25) is 0 Å². The first-order chi connectivity index (χ1) is 6.75. The first-order valence-electron chi connectivity index (χ1n) is 4.67. The van der Waals surface area contributed by atoms with E-state index in [1.165, 1.54) is 0 Å². The number of nitrogens with zero attached hydrogens (tertiary/aromatic N) is 1. The average molecular weight is 222 g/mol. The molecule has 1 amide bonds. The van der Waals surface area contributed by atoms with Crippen LogP contribution in [0.15, 0.2) is 0 Å². The van der Waals surface area contributed by atoms with Gasteiger partial charge in [-0.25, -0.2) is 0 Å². The number of primary amides is 1. The minimum atomic E-state index is -0.629. The molecule has 1 rings (SSSR count). The third kappa shape index (κ3) is 3.42. The highest BCUT2D eigenvalue weighted by Crippen LogP contribution is 2.03. The smallest absolute Gasteiger partial charge is 0.261 e. The summed E-state index contributed by atoms with van der Waals surface area (Å²) in [4.78, 5) is 13.0. The second-order valence-electron chi connectivity index (χ2n) is 3.10. The second kappa shape index (κ2) is 6.19. The number of ether oxygens (including phenoxy) is 1. The summed E-state index contributed by atoms with van der Waals surface area (Å²) < 4.78 is 5.28. The van der Waals surface area contributed by atoms with Gasteiger partial charge in [0.1, 0.15) is 0 Å². The van der Waals surface area contributed by atoms with Crippen LogP contribution in [0.25, 0.3) is 0 Å². The topological polar surface area (TPSA) is 67.6 Å². The molecule has 0 saturated carbocycles. The van der Waals surface area contributed by atoms with E-state index < -0.39 is 12.1 Å². The number of carbonyl (C=O) groups is 1. The van der Waals surface area contributed by atoms with Crippen molar-refractivity contribution in [2.75, 3.05) is 38.7 Å². The molecule has 0 aromatic rings. The molecule has 0 spiro atoms. The van der Waals surface area contributed by atoms with Crippen molar-refractivity contribution in [3.05, 3.63) is 0 Å². The lowest BCUT2D eigenvalue weighted by molar-refractivity contribution is -0.143. The summed E-state index contributed by atoms with van der Waals surface area (Å²) in [6.07, 6.45) is -0.629. The molecule has 1 saturated heterocycles. The molecule has 0 aromatic carbocycles. The Morgan fingerprint density at radius 3 is 2.71 bits per heavy atom. The minimum Gasteiger partial charge on any atom is -0.366 e. The number of piperazine rings is 1. The Labute approximate surface area is 88.5 Å². The monoisotopic (exact) mass is 221 g/mol. The van der Waals surface area contributed by atoms with Crippen LogP contribution in [-0.4, -0.2) is 55.7 Å². The fourth-order valence-corrected chi connectivity index (χ4v) is 1.53. The van der Waals surface area contributed by atoms with Gasteiger partial charge in [-0.05, 0) is 0 Å². The highest BCUT2D eigenvalue weighted by Gasteiger charge is 2.25. The Bertz CT molecular complexity index is 185. The van der Waals surface area contributed by atoms with E-state index in [2.05, 4.69) is 5.32 Å². The maximum Gasteiger partial charge on any atom is 0.261 e. The predicted molar refractivity (Wildman–Crippen MR) is 54.1 cm³/mol. The molecule has 14 heavy (non-hydrogen) atoms. The van der Waals surface area contributed by atoms with E-state index in [1.54, 1.807) is 0 Å². The Balaban J connectivity index is 2.43. The number of halogens is 1. The molecule has 0 aliphatic carbocycles. The molecule has 1 atom stereocenters. The molecule has 1 aliphatic rings. The zero-order valence-corrected chi connectivity index (χ0v) is 8.79. The summed E-state index contributed by atoms with van der Waals surface area (Å²) in [5.74, 6) is -0.0763. The molecule has 1 unspecified atom stereocenters. The van der Waals surface area contributed by atoms with Crippen molar-refractivity contribution in [3.63, 3.8) is 0 Å². The van der Waals surface area contributed by atoms with Crippen molar-refractivity contribution in [1.29, 1.82) is 0 Å². The molecule has 1 heterocycles. The highest BCUT2D eigenvalue weighted by molar-refractivity contribution is 6.17. The maximum atomic E-state index is 11.1. The van der Waals surface area contributed by atoms with Crippen molar-refractivity contribution < 1.29 is 9.53 Å². The van der Waals surface area contributed by atoms with E-state index in [0.717, 1.165) is 26.2 Å². The van der Waals surface area contributed by atoms with Gasteiger partial charge in [0.05, 0.1) is 6.61 Å². The maximum absolute atomic E-state index is 11.1. The Hall–Kier alpha value is -0.360. The molecule has 6 heteroatoms. The van der Waals surface area contributed by atoms with Crippen LogP contribution < -0.4 is 11.1 Å². The Morgan fingerprint density at radius 1 is 1.57 bits per heavy atom. The van der Waals surface area contributed by atoms with Gasteiger partial charge in [0, 0.05) is 32.1 Å². The van der Waals surface area contributed by atoms with Crippen LogP contribution in [-0.2, 0) is 9.53 Å². The lowest BCUT2D eigenvalue weighted by atomic mass is 10.3. The summed E-state index contributed by atoms with van der Waals surface area (Å²) in [5, 5.41) is 3.19. The summed E-state index contributed by atoms with van der Waals surface area (Å²) in [5.41, 5.74) is 5.24. The van der Waals surface area contributed by atoms with Gasteiger partial charge in [-0.2, -0.15) is 0 Å². The number of hydrogen-bond acceptors (Lipinski definition) is 4. The molecule has 1 aliphatic heterocycles. The van der Waals surface area contributed by atoms with Crippen LogP contribution in [0, 0.1) is 0 Å². The molecule has 82 valence electrons. The van der Waals surface area contributed by atoms with Crippen LogP contribution in [0.4, 0.5) is 0 Å². The molecule has 5 nitrogen and oxygen atoms in total. The fraction of sp³-hybridized carbons (Fsp3) is 0.875. The summed E-state index contributed by atoms with van der Waals surface area (Å²) in [6.45, 7) is 3.60. The van der Waals surface area contributed by atoms with E-state index in [9.17, 15) is 4.79 Å². The largest absolute Gasteiger partial charge is 0.366 e. The predicted octanol–water partition coefficient (Wildman–Crippen LogP) is -1.04. The van der Waals surface area contributed by atoms with Gasteiger partial charge in [0.15, 0.2) is 6.23 Å². The molecule has 0 aromatic heterocycles. The first-order valence-corrected chi connectivity index (χ1v) is 5.21. The lowest BCUT2D eigenvalue weighted by Gasteiger charge is -2.32. The van der Waals surface area contributed by atoms with Gasteiger partial charge in [0.25, 0.3) is 5.91 Å². The number of nitrogens with one attached hydrogen (secondary N) is 1. The van der Waals surface area contributed by atoms with Crippen LogP contribution in [0.5, 0.6) is 0 Å². The van der Waals surface area contributed by atoms with Crippen LogP contribution in [0.1, 0.15) is 0 Å². The molecule has 1 fully saturated rings. The van der Waals surface area contributed by atoms with Gasteiger partial charge in [-0.3, -0.25) is 9.69 Å². The molecule has 0 radical (unpaired) electrons. The van der Waals surface area contributed by atoms with Gasteiger partial charge >= 0.3 is 0 Å². The lowest BCUT2D eigenvalue weighted by Crippen LogP contribution is -2.54. The van der Waals surface area contributed by atoms with E-state index >= 15 is 0 Å². The van der Waals surface area contributed by atoms with Gasteiger partial charge in [-0.1, -0.05) is 0 Å².